The summed E-state index contributed by atoms with van der Waals surface area (Å²) in [5, 5.41) is 0.605. The smallest absolute Gasteiger partial charge is 0.0834 e. The number of hydrogen-bond acceptors (Lipinski definition) is 0. The molecule has 0 saturated carbocycles. The minimum atomic E-state index is 0.302. The number of halogens is 4. The van der Waals surface area contributed by atoms with Gasteiger partial charge in [0.05, 0.1) is 10.1 Å². The zero-order valence-electron chi connectivity index (χ0n) is 6.71. The van der Waals surface area contributed by atoms with E-state index in [1.807, 2.05) is 6.92 Å². The van der Waals surface area contributed by atoms with Gasteiger partial charge in [-0.15, -0.1) is 0 Å². The minimum Gasteiger partial charge on any atom is -0.0834 e. The van der Waals surface area contributed by atoms with Crippen LogP contribution in [-0.2, 0) is 0 Å². The van der Waals surface area contributed by atoms with Crippen molar-refractivity contribution in [3.05, 3.63) is 33.8 Å². The third-order valence-electron chi connectivity index (χ3n) is 0.653. The molecule has 0 nitrogen and oxygen atoms in total. The van der Waals surface area contributed by atoms with E-state index in [-0.39, 0.29) is 0 Å². The zero-order valence-corrected chi connectivity index (χ0v) is 9.73. The minimum absolute atomic E-state index is 0.302. The molecule has 0 aromatic heterocycles. The Morgan fingerprint density at radius 2 is 1.42 bits per heavy atom. The lowest BCUT2D eigenvalue weighted by molar-refractivity contribution is 1.23. The molecule has 0 radical (unpaired) electrons. The molecule has 0 unspecified atom stereocenters. The third-order valence-corrected chi connectivity index (χ3v) is 1.51. The van der Waals surface area contributed by atoms with Crippen molar-refractivity contribution < 1.29 is 0 Å². The molecule has 0 aromatic carbocycles. The predicted molar refractivity (Wildman–Crippen MR) is 60.1 cm³/mol. The van der Waals surface area contributed by atoms with E-state index >= 15 is 0 Å². The summed E-state index contributed by atoms with van der Waals surface area (Å²) in [6.07, 6.45) is 2.64. The Morgan fingerprint density at radius 3 is 1.42 bits per heavy atom. The van der Waals surface area contributed by atoms with E-state index in [1.165, 1.54) is 0 Å². The molecule has 0 bridgehead atoms. The van der Waals surface area contributed by atoms with Gasteiger partial charge in [-0.2, -0.15) is 0 Å². The quantitative estimate of drug-likeness (QED) is 0.588. The van der Waals surface area contributed by atoms with Crippen molar-refractivity contribution in [2.45, 2.75) is 13.3 Å². The Morgan fingerprint density at radius 1 is 1.08 bits per heavy atom. The summed E-state index contributed by atoms with van der Waals surface area (Å²) in [7, 11) is 0. The lowest BCUT2D eigenvalue weighted by Crippen LogP contribution is -1.57. The summed E-state index contributed by atoms with van der Waals surface area (Å²) < 4.78 is 0.359. The largest absolute Gasteiger partial charge is 0.102 e. The van der Waals surface area contributed by atoms with E-state index in [0.29, 0.717) is 14.6 Å². The van der Waals surface area contributed by atoms with E-state index < -0.39 is 0 Å². The van der Waals surface area contributed by atoms with Gasteiger partial charge in [0, 0.05) is 0 Å². The zero-order chi connectivity index (χ0) is 10.1. The Hall–Kier alpha value is 0.380. The maximum Gasteiger partial charge on any atom is 0.102 e. The monoisotopic (exact) mass is 246 g/mol. The molecule has 0 fully saturated rings. The second-order valence-corrected chi connectivity index (χ2v) is 3.63. The topological polar surface area (TPSA) is 0 Å². The molecule has 0 amide bonds. The maximum absolute atomic E-state index is 5.20. The first-order valence-corrected chi connectivity index (χ1v) is 4.63. The van der Waals surface area contributed by atoms with Crippen molar-refractivity contribution in [2.24, 2.45) is 0 Å². The average molecular weight is 248 g/mol. The second kappa shape index (κ2) is 9.47. The summed E-state index contributed by atoms with van der Waals surface area (Å²) in [6.45, 7) is 8.55. The maximum atomic E-state index is 5.20. The lowest BCUT2D eigenvalue weighted by Gasteiger charge is -1.81. The van der Waals surface area contributed by atoms with Crippen molar-refractivity contribution in [1.29, 1.82) is 0 Å². The van der Waals surface area contributed by atoms with E-state index in [2.05, 4.69) is 13.2 Å². The van der Waals surface area contributed by atoms with Crippen molar-refractivity contribution in [1.82, 2.24) is 0 Å². The van der Waals surface area contributed by atoms with Crippen LogP contribution in [-0.4, -0.2) is 0 Å². The van der Waals surface area contributed by atoms with Crippen LogP contribution in [0.5, 0.6) is 0 Å². The van der Waals surface area contributed by atoms with Crippen LogP contribution >= 0.6 is 46.4 Å². The average Bonchev–Trinajstić information content (AvgIpc) is 1.87. The normalized spacial score (nSPS) is 7.75. The highest BCUT2D eigenvalue weighted by atomic mass is 35.5. The van der Waals surface area contributed by atoms with Gasteiger partial charge >= 0.3 is 0 Å². The highest BCUT2D eigenvalue weighted by Crippen LogP contribution is 2.12. The molecule has 0 rings (SSSR count). The van der Waals surface area contributed by atoms with Gasteiger partial charge in [-0.25, -0.2) is 0 Å². The van der Waals surface area contributed by atoms with Crippen LogP contribution in [0.15, 0.2) is 33.8 Å². The van der Waals surface area contributed by atoms with Crippen molar-refractivity contribution in [3.63, 3.8) is 0 Å². The molecule has 12 heavy (non-hydrogen) atoms. The SMILES string of the molecule is C=C(Cl)C(=C)Cl.CCC=C(Cl)Cl. The number of rotatable bonds is 2. The first kappa shape index (κ1) is 14.9. The van der Waals surface area contributed by atoms with Crippen molar-refractivity contribution in [2.75, 3.05) is 0 Å². The highest BCUT2D eigenvalue weighted by Gasteiger charge is 1.84. The summed E-state index contributed by atoms with van der Waals surface area (Å²) >= 11 is 20.8. The Bertz CT molecular complexity index is 165. The molecular weight excluding hydrogens is 238 g/mol. The molecular formula is C8H10Cl4. The van der Waals surface area contributed by atoms with Gasteiger partial charge in [-0.1, -0.05) is 72.6 Å². The fraction of sp³-hybridized carbons (Fsp3) is 0.250. The van der Waals surface area contributed by atoms with Gasteiger partial charge in [-0.3, -0.25) is 0 Å². The second-order valence-electron chi connectivity index (χ2n) is 1.71. The molecule has 0 aliphatic rings. The van der Waals surface area contributed by atoms with Crippen LogP contribution in [0.4, 0.5) is 0 Å². The summed E-state index contributed by atoms with van der Waals surface area (Å²) in [5.74, 6) is 0. The van der Waals surface area contributed by atoms with Crippen LogP contribution in [0.1, 0.15) is 13.3 Å². The van der Waals surface area contributed by atoms with Gasteiger partial charge < -0.3 is 0 Å². The van der Waals surface area contributed by atoms with Crippen LogP contribution in [0.25, 0.3) is 0 Å². The molecule has 70 valence electrons. The van der Waals surface area contributed by atoms with E-state index in [1.54, 1.807) is 6.08 Å². The van der Waals surface area contributed by atoms with Crippen LogP contribution < -0.4 is 0 Å². The van der Waals surface area contributed by atoms with Crippen molar-refractivity contribution in [3.8, 4) is 0 Å². The molecule has 0 atom stereocenters. The van der Waals surface area contributed by atoms with Gasteiger partial charge in [0.2, 0.25) is 0 Å². The third kappa shape index (κ3) is 16.8. The summed E-state index contributed by atoms with van der Waals surface area (Å²) in [5.41, 5.74) is 0. The first-order valence-electron chi connectivity index (χ1n) is 3.12. The number of allylic oxidation sites excluding steroid dienone is 3. The Balaban J connectivity index is 0. The molecule has 0 aromatic rings. The van der Waals surface area contributed by atoms with Gasteiger partial charge in [0.1, 0.15) is 4.49 Å². The van der Waals surface area contributed by atoms with Gasteiger partial charge in [0.25, 0.3) is 0 Å². The van der Waals surface area contributed by atoms with E-state index in [4.69, 9.17) is 46.4 Å². The van der Waals surface area contributed by atoms with Gasteiger partial charge in [0.15, 0.2) is 0 Å². The predicted octanol–water partition coefficient (Wildman–Crippen LogP) is 5.21. The highest BCUT2D eigenvalue weighted by molar-refractivity contribution is 6.55. The van der Waals surface area contributed by atoms with Crippen molar-refractivity contribution >= 4 is 46.4 Å². The van der Waals surface area contributed by atoms with Crippen LogP contribution in [0.2, 0.25) is 0 Å². The van der Waals surface area contributed by atoms with E-state index in [0.717, 1.165) is 6.42 Å². The summed E-state index contributed by atoms with van der Waals surface area (Å²) in [6, 6.07) is 0. The molecule has 0 aliphatic heterocycles. The molecule has 4 heteroatoms. The summed E-state index contributed by atoms with van der Waals surface area (Å²) in [4.78, 5) is 0. The molecule has 0 spiro atoms. The fourth-order valence-electron chi connectivity index (χ4n) is 0.154. The molecule has 0 N–H and O–H groups in total. The Labute approximate surface area is 93.4 Å². The van der Waals surface area contributed by atoms with Gasteiger partial charge in [-0.05, 0) is 6.42 Å². The molecule has 0 heterocycles. The molecule has 0 aliphatic carbocycles. The van der Waals surface area contributed by atoms with Crippen LogP contribution in [0, 0.1) is 0 Å². The lowest BCUT2D eigenvalue weighted by atomic mass is 10.5. The van der Waals surface area contributed by atoms with Crippen LogP contribution in [0.3, 0.4) is 0 Å². The number of hydrogen-bond donors (Lipinski definition) is 0. The Kier molecular flexibility index (Phi) is 11.7. The first-order chi connectivity index (χ1) is 5.41. The fourth-order valence-corrected chi connectivity index (χ4v) is 0.463. The molecule has 0 saturated heterocycles. The standard InChI is InChI=1S/C4H4Cl2.C4H6Cl2/c1-3(5)4(2)6;1-2-3-4(5)6/h1-2H2;3H,2H2,1H3. The van der Waals surface area contributed by atoms with E-state index in [9.17, 15) is 0 Å².